The van der Waals surface area contributed by atoms with Crippen LogP contribution in [-0.4, -0.2) is 26.8 Å². The van der Waals surface area contributed by atoms with Gasteiger partial charge in [0.15, 0.2) is 0 Å². The lowest BCUT2D eigenvalue weighted by Gasteiger charge is -2.26. The van der Waals surface area contributed by atoms with Gasteiger partial charge in [-0.3, -0.25) is 0 Å². The van der Waals surface area contributed by atoms with Gasteiger partial charge in [-0.1, -0.05) is 32.0 Å². The number of carbonyl (C=O) groups is 1. The Hall–Kier alpha value is -2.37. The Balaban J connectivity index is 1.62. The van der Waals surface area contributed by atoms with E-state index in [0.29, 0.717) is 5.92 Å². The molecular weight excluding hydrogens is 278 g/mol. The Morgan fingerprint density at radius 3 is 2.77 bits per heavy atom. The van der Waals surface area contributed by atoms with Crippen LogP contribution < -0.4 is 10.6 Å². The van der Waals surface area contributed by atoms with Crippen molar-refractivity contribution >= 4 is 11.7 Å². The largest absolute Gasteiger partial charge is 0.333 e. The van der Waals surface area contributed by atoms with Gasteiger partial charge in [0.2, 0.25) is 0 Å². The van der Waals surface area contributed by atoms with E-state index in [1.165, 1.54) is 0 Å². The zero-order valence-electron chi connectivity index (χ0n) is 12.9. The molecule has 6 heteroatoms. The molecule has 1 atom stereocenters. The quantitative estimate of drug-likeness (QED) is 0.915. The van der Waals surface area contributed by atoms with Crippen molar-refractivity contribution in [1.29, 1.82) is 0 Å². The third-order valence-electron chi connectivity index (χ3n) is 3.86. The van der Waals surface area contributed by atoms with Crippen LogP contribution in [0, 0.1) is 0 Å². The molecule has 0 radical (unpaired) electrons. The first kappa shape index (κ1) is 14.6. The fraction of sp³-hybridized carbons (Fsp3) is 0.438. The summed E-state index contributed by atoms with van der Waals surface area (Å²) < 4.78 is 2.14. The lowest BCUT2D eigenvalue weighted by molar-refractivity contribution is 0.244. The molecule has 22 heavy (non-hydrogen) atoms. The number of anilines is 1. The van der Waals surface area contributed by atoms with E-state index in [1.54, 1.807) is 0 Å². The summed E-state index contributed by atoms with van der Waals surface area (Å²) in [5, 5.41) is 14.4. The molecule has 0 fully saturated rings. The number of fused-ring (bicyclic) bond motifs is 1. The normalized spacial score (nSPS) is 17.1. The van der Waals surface area contributed by atoms with E-state index in [2.05, 4.69) is 39.2 Å². The minimum atomic E-state index is -0.168. The number of aromatic nitrogens is 3. The molecule has 0 saturated heterocycles. The third-order valence-corrected chi connectivity index (χ3v) is 3.86. The van der Waals surface area contributed by atoms with Gasteiger partial charge in [0.05, 0.1) is 0 Å². The maximum atomic E-state index is 12.1. The first-order valence-electron chi connectivity index (χ1n) is 7.68. The standard InChI is InChI=1S/C16H21N5O/c1-11(2)15-20-19-14-9-8-13(10-21(14)15)18-16(22)17-12-6-4-3-5-7-12/h3-7,11,13H,8-10H2,1-2H3,(H2,17,18,22). The number of benzene rings is 1. The first-order valence-corrected chi connectivity index (χ1v) is 7.68. The van der Waals surface area contributed by atoms with Gasteiger partial charge in [-0.05, 0) is 18.6 Å². The minimum Gasteiger partial charge on any atom is -0.333 e. The average molecular weight is 299 g/mol. The summed E-state index contributed by atoms with van der Waals surface area (Å²) in [5.74, 6) is 2.34. The van der Waals surface area contributed by atoms with Crippen LogP contribution >= 0.6 is 0 Å². The van der Waals surface area contributed by atoms with Crippen molar-refractivity contribution in [3.63, 3.8) is 0 Å². The van der Waals surface area contributed by atoms with Crippen LogP contribution in [0.3, 0.4) is 0 Å². The Bertz CT molecular complexity index is 650. The van der Waals surface area contributed by atoms with Gasteiger partial charge in [-0.15, -0.1) is 10.2 Å². The number of rotatable bonds is 3. The monoisotopic (exact) mass is 299 g/mol. The van der Waals surface area contributed by atoms with Gasteiger partial charge in [0, 0.05) is 30.6 Å². The smallest absolute Gasteiger partial charge is 0.319 e. The number of hydrogen-bond donors (Lipinski definition) is 2. The highest BCUT2D eigenvalue weighted by molar-refractivity contribution is 5.89. The molecule has 0 aliphatic carbocycles. The average Bonchev–Trinajstić information content (AvgIpc) is 2.91. The summed E-state index contributed by atoms with van der Waals surface area (Å²) in [5.41, 5.74) is 0.795. The fourth-order valence-corrected chi connectivity index (χ4v) is 2.77. The lowest BCUT2D eigenvalue weighted by atomic mass is 10.1. The van der Waals surface area contributed by atoms with Gasteiger partial charge in [0.1, 0.15) is 11.6 Å². The van der Waals surface area contributed by atoms with Gasteiger partial charge in [-0.2, -0.15) is 0 Å². The summed E-state index contributed by atoms with van der Waals surface area (Å²) >= 11 is 0. The van der Waals surface area contributed by atoms with Crippen LogP contribution in [0.4, 0.5) is 10.5 Å². The molecule has 0 spiro atoms. The number of nitrogens with one attached hydrogen (secondary N) is 2. The van der Waals surface area contributed by atoms with Crippen molar-refractivity contribution in [2.75, 3.05) is 5.32 Å². The van der Waals surface area contributed by atoms with E-state index in [-0.39, 0.29) is 12.1 Å². The summed E-state index contributed by atoms with van der Waals surface area (Å²) in [6, 6.07) is 9.39. The zero-order valence-corrected chi connectivity index (χ0v) is 12.9. The second-order valence-electron chi connectivity index (χ2n) is 5.94. The van der Waals surface area contributed by atoms with Crippen molar-refractivity contribution in [3.8, 4) is 0 Å². The molecule has 1 unspecified atom stereocenters. The molecular formula is C16H21N5O. The zero-order chi connectivity index (χ0) is 15.5. The molecule has 2 N–H and O–H groups in total. The van der Waals surface area contributed by atoms with Crippen LogP contribution in [0.1, 0.15) is 37.8 Å². The predicted molar refractivity (Wildman–Crippen MR) is 84.8 cm³/mol. The number of aryl methyl sites for hydroxylation is 1. The number of urea groups is 1. The Morgan fingerprint density at radius 2 is 2.05 bits per heavy atom. The summed E-state index contributed by atoms with van der Waals surface area (Å²) in [6.07, 6.45) is 1.73. The molecule has 2 amide bonds. The summed E-state index contributed by atoms with van der Waals surface area (Å²) in [7, 11) is 0. The van der Waals surface area contributed by atoms with Crippen LogP contribution in [0.25, 0.3) is 0 Å². The Morgan fingerprint density at radius 1 is 1.27 bits per heavy atom. The lowest BCUT2D eigenvalue weighted by Crippen LogP contribution is -2.43. The second kappa shape index (κ2) is 6.17. The predicted octanol–water partition coefficient (Wildman–Crippen LogP) is 2.54. The van der Waals surface area contributed by atoms with Crippen molar-refractivity contribution in [3.05, 3.63) is 42.0 Å². The van der Waals surface area contributed by atoms with E-state index in [1.807, 2.05) is 30.3 Å². The van der Waals surface area contributed by atoms with E-state index >= 15 is 0 Å². The third kappa shape index (κ3) is 3.10. The topological polar surface area (TPSA) is 71.8 Å². The van der Waals surface area contributed by atoms with Crippen LogP contribution in [0.2, 0.25) is 0 Å². The van der Waals surface area contributed by atoms with Gasteiger partial charge >= 0.3 is 6.03 Å². The molecule has 1 aromatic heterocycles. The Kier molecular flexibility index (Phi) is 4.09. The number of amides is 2. The molecule has 2 heterocycles. The van der Waals surface area contributed by atoms with Crippen molar-refractivity contribution in [1.82, 2.24) is 20.1 Å². The highest BCUT2D eigenvalue weighted by atomic mass is 16.2. The second-order valence-corrected chi connectivity index (χ2v) is 5.94. The summed E-state index contributed by atoms with van der Waals surface area (Å²) in [6.45, 7) is 4.95. The SMILES string of the molecule is CC(C)c1nnc2n1CC(NC(=O)Nc1ccccc1)CC2. The highest BCUT2D eigenvalue weighted by Gasteiger charge is 2.24. The van der Waals surface area contributed by atoms with Crippen LogP contribution in [-0.2, 0) is 13.0 Å². The molecule has 6 nitrogen and oxygen atoms in total. The van der Waals surface area contributed by atoms with Crippen molar-refractivity contribution in [2.24, 2.45) is 0 Å². The molecule has 3 rings (SSSR count). The number of nitrogens with zero attached hydrogens (tertiary/aromatic N) is 3. The van der Waals surface area contributed by atoms with Crippen LogP contribution in [0.5, 0.6) is 0 Å². The van der Waals surface area contributed by atoms with E-state index in [0.717, 1.165) is 36.7 Å². The number of hydrogen-bond acceptors (Lipinski definition) is 3. The maximum Gasteiger partial charge on any atom is 0.319 e. The molecule has 1 aliphatic heterocycles. The highest BCUT2D eigenvalue weighted by Crippen LogP contribution is 2.20. The first-order chi connectivity index (χ1) is 10.6. The van der Waals surface area contributed by atoms with E-state index in [4.69, 9.17) is 0 Å². The van der Waals surface area contributed by atoms with Gasteiger partial charge < -0.3 is 15.2 Å². The molecule has 1 aromatic carbocycles. The fourth-order valence-electron chi connectivity index (χ4n) is 2.77. The maximum absolute atomic E-state index is 12.1. The van der Waals surface area contributed by atoms with E-state index < -0.39 is 0 Å². The molecule has 2 aromatic rings. The molecule has 0 bridgehead atoms. The van der Waals surface area contributed by atoms with Gasteiger partial charge in [-0.25, -0.2) is 4.79 Å². The van der Waals surface area contributed by atoms with E-state index in [9.17, 15) is 4.79 Å². The van der Waals surface area contributed by atoms with Crippen LogP contribution in [0.15, 0.2) is 30.3 Å². The van der Waals surface area contributed by atoms with Crippen molar-refractivity contribution < 1.29 is 4.79 Å². The number of para-hydroxylation sites is 1. The molecule has 0 saturated carbocycles. The molecule has 116 valence electrons. The summed E-state index contributed by atoms with van der Waals surface area (Å²) in [4.78, 5) is 12.1. The number of carbonyl (C=O) groups excluding carboxylic acids is 1. The Labute approximate surface area is 129 Å². The van der Waals surface area contributed by atoms with Crippen molar-refractivity contribution in [2.45, 2.75) is 45.2 Å². The minimum absolute atomic E-state index is 0.102. The van der Waals surface area contributed by atoms with Gasteiger partial charge in [0.25, 0.3) is 0 Å². The molecule has 1 aliphatic rings.